The molecule has 176 valence electrons. The second kappa shape index (κ2) is 10.2. The zero-order valence-corrected chi connectivity index (χ0v) is 18.5. The van der Waals surface area contributed by atoms with Crippen LogP contribution in [0.2, 0.25) is 0 Å². The molecular weight excluding hydrogens is 409 g/mol. The second-order valence-corrected chi connectivity index (χ2v) is 8.62. The Balaban J connectivity index is 1.58. The Labute approximate surface area is 182 Å². The third-order valence-electron chi connectivity index (χ3n) is 6.46. The number of halogens is 3. The van der Waals surface area contributed by atoms with Crippen molar-refractivity contribution in [2.45, 2.75) is 75.7 Å². The van der Waals surface area contributed by atoms with Crippen LogP contribution in [0.4, 0.5) is 13.2 Å². The first-order valence-electron chi connectivity index (χ1n) is 11.3. The number of hydrogen-bond donors (Lipinski definition) is 3. The number of aryl methyl sites for hydroxylation is 1. The lowest BCUT2D eigenvalue weighted by atomic mass is 9.98. The van der Waals surface area contributed by atoms with Crippen molar-refractivity contribution in [2.75, 3.05) is 26.2 Å². The molecule has 1 aliphatic heterocycles. The first kappa shape index (κ1) is 23.8. The van der Waals surface area contributed by atoms with Crippen molar-refractivity contribution in [1.82, 2.24) is 25.1 Å². The maximum absolute atomic E-state index is 13.7. The molecule has 1 saturated heterocycles. The quantitative estimate of drug-likeness (QED) is 0.445. The Hall–Kier alpha value is -1.81. The highest BCUT2D eigenvalue weighted by Gasteiger charge is 2.57. The first-order valence-corrected chi connectivity index (χ1v) is 11.3. The van der Waals surface area contributed by atoms with Gasteiger partial charge in [0.25, 0.3) is 0 Å². The molecule has 1 aromatic heterocycles. The zero-order valence-electron chi connectivity index (χ0n) is 18.5. The Morgan fingerprint density at radius 1 is 1.23 bits per heavy atom. The Kier molecular flexibility index (Phi) is 7.85. The smallest absolute Gasteiger partial charge is 0.374 e. The van der Waals surface area contributed by atoms with Crippen molar-refractivity contribution in [1.29, 1.82) is 0 Å². The van der Waals surface area contributed by atoms with Gasteiger partial charge in [0.05, 0.1) is 0 Å². The van der Waals surface area contributed by atoms with E-state index in [1.54, 1.807) is 0 Å². The average molecular weight is 445 g/mol. The number of aliphatic hydroxyl groups is 1. The predicted octanol–water partition coefficient (Wildman–Crippen LogP) is 2.52. The normalized spacial score (nSPS) is 21.9. The number of rotatable bonds is 7. The van der Waals surface area contributed by atoms with Gasteiger partial charge in [-0.15, -0.1) is 0 Å². The number of guanidine groups is 1. The van der Waals surface area contributed by atoms with Gasteiger partial charge in [-0.2, -0.15) is 13.2 Å². The highest BCUT2D eigenvalue weighted by molar-refractivity contribution is 5.80. The lowest BCUT2D eigenvalue weighted by Crippen LogP contribution is -2.50. The summed E-state index contributed by atoms with van der Waals surface area (Å²) >= 11 is 0. The summed E-state index contributed by atoms with van der Waals surface area (Å²) < 4.78 is 42.2. The van der Waals surface area contributed by atoms with Gasteiger partial charge in [0.15, 0.2) is 5.96 Å². The summed E-state index contributed by atoms with van der Waals surface area (Å²) in [7, 11) is 1.44. The van der Waals surface area contributed by atoms with Crippen molar-refractivity contribution >= 4 is 5.96 Å². The minimum absolute atomic E-state index is 0.181. The van der Waals surface area contributed by atoms with Crippen LogP contribution in [-0.2, 0) is 12.6 Å². The van der Waals surface area contributed by atoms with Crippen LogP contribution in [0, 0.1) is 0 Å². The fourth-order valence-corrected chi connectivity index (χ4v) is 4.67. The molecule has 1 atom stereocenters. The Morgan fingerprint density at radius 2 is 1.90 bits per heavy atom. The van der Waals surface area contributed by atoms with E-state index in [2.05, 4.69) is 25.5 Å². The lowest BCUT2D eigenvalue weighted by molar-refractivity contribution is -0.272. The molecule has 2 heterocycles. The molecule has 7 nitrogen and oxygen atoms in total. The van der Waals surface area contributed by atoms with E-state index in [9.17, 15) is 18.3 Å². The fraction of sp³-hybridized carbons (Fsp3) is 0.810. The molecule has 0 bridgehead atoms. The van der Waals surface area contributed by atoms with E-state index in [1.807, 2.05) is 6.92 Å². The van der Waals surface area contributed by atoms with Crippen molar-refractivity contribution in [3.63, 3.8) is 0 Å². The lowest BCUT2D eigenvalue weighted by Gasteiger charge is -2.36. The number of nitrogens with zero attached hydrogens (tertiary/aromatic N) is 4. The van der Waals surface area contributed by atoms with Crippen LogP contribution in [0.3, 0.4) is 0 Å². The standard InChI is InChI=1S/C21H35F3N6O/c1-3-25-19(28-16-8-13-30(14-9-16)17-6-4-5-7-17)27-11-10-20(31,21(22,23)24)18-26-12-15-29(18)2/h12,15-17,31H,3-11,13-14H2,1-2H3,(H2,25,27,28). The van der Waals surface area contributed by atoms with Crippen molar-refractivity contribution < 1.29 is 18.3 Å². The number of hydrogen-bond acceptors (Lipinski definition) is 4. The van der Waals surface area contributed by atoms with Gasteiger partial charge in [-0.05, 0) is 32.6 Å². The van der Waals surface area contributed by atoms with Gasteiger partial charge >= 0.3 is 6.18 Å². The van der Waals surface area contributed by atoms with Crippen LogP contribution >= 0.6 is 0 Å². The maximum Gasteiger partial charge on any atom is 0.424 e. The van der Waals surface area contributed by atoms with Crippen molar-refractivity contribution in [3.8, 4) is 0 Å². The number of aromatic nitrogens is 2. The molecule has 0 radical (unpaired) electrons. The molecule has 1 unspecified atom stereocenters. The molecule has 1 aliphatic carbocycles. The van der Waals surface area contributed by atoms with Crippen LogP contribution in [0.25, 0.3) is 0 Å². The van der Waals surface area contributed by atoms with E-state index >= 15 is 0 Å². The summed E-state index contributed by atoms with van der Waals surface area (Å²) in [5, 5.41) is 16.9. The van der Waals surface area contributed by atoms with Crippen LogP contribution in [0.15, 0.2) is 17.4 Å². The minimum atomic E-state index is -4.85. The van der Waals surface area contributed by atoms with Crippen molar-refractivity contribution in [2.24, 2.45) is 12.0 Å². The highest BCUT2D eigenvalue weighted by Crippen LogP contribution is 2.40. The molecule has 0 amide bonds. The molecule has 1 aromatic rings. The molecule has 0 aromatic carbocycles. The van der Waals surface area contributed by atoms with Crippen LogP contribution in [-0.4, -0.2) is 70.0 Å². The third kappa shape index (κ3) is 5.71. The van der Waals surface area contributed by atoms with E-state index in [-0.39, 0.29) is 12.6 Å². The second-order valence-electron chi connectivity index (χ2n) is 8.62. The number of piperidine rings is 1. The third-order valence-corrected chi connectivity index (χ3v) is 6.46. The van der Waals surface area contributed by atoms with E-state index in [1.165, 1.54) is 49.7 Å². The van der Waals surface area contributed by atoms with Gasteiger partial charge in [-0.1, -0.05) is 12.8 Å². The summed E-state index contributed by atoms with van der Waals surface area (Å²) in [6, 6.07) is 0.959. The molecular formula is C21H35F3N6O. The molecule has 31 heavy (non-hydrogen) atoms. The van der Waals surface area contributed by atoms with Gasteiger partial charge in [-0.25, -0.2) is 4.98 Å². The van der Waals surface area contributed by atoms with Crippen molar-refractivity contribution in [3.05, 3.63) is 18.2 Å². The molecule has 3 rings (SSSR count). The molecule has 2 fully saturated rings. The first-order chi connectivity index (χ1) is 14.7. The Bertz CT molecular complexity index is 723. The van der Waals surface area contributed by atoms with Gasteiger partial charge in [0.1, 0.15) is 5.82 Å². The minimum Gasteiger partial charge on any atom is -0.374 e. The van der Waals surface area contributed by atoms with E-state index in [0.29, 0.717) is 18.5 Å². The Morgan fingerprint density at radius 3 is 2.45 bits per heavy atom. The molecule has 10 heteroatoms. The van der Waals surface area contributed by atoms with Gasteiger partial charge in [0.2, 0.25) is 5.60 Å². The average Bonchev–Trinajstić information content (AvgIpc) is 3.40. The SMILES string of the molecule is CCNC(=NCCC(O)(c1nccn1C)C(F)(F)F)NC1CCN(C2CCCC2)CC1. The number of nitrogens with one attached hydrogen (secondary N) is 2. The molecule has 0 spiro atoms. The summed E-state index contributed by atoms with van der Waals surface area (Å²) in [6.07, 6.45) is 4.39. The fourth-order valence-electron chi connectivity index (χ4n) is 4.67. The van der Waals surface area contributed by atoms with E-state index in [4.69, 9.17) is 0 Å². The number of aliphatic imine (C=N–C) groups is 1. The van der Waals surface area contributed by atoms with Crippen LogP contribution < -0.4 is 10.6 Å². The summed E-state index contributed by atoms with van der Waals surface area (Å²) in [4.78, 5) is 10.6. The number of likely N-dealkylation sites (tertiary alicyclic amines) is 1. The summed E-state index contributed by atoms with van der Waals surface area (Å²) in [6.45, 7) is 4.41. The van der Waals surface area contributed by atoms with Crippen LogP contribution in [0.5, 0.6) is 0 Å². The summed E-state index contributed by atoms with van der Waals surface area (Å²) in [5.41, 5.74) is -3.04. The largest absolute Gasteiger partial charge is 0.424 e. The molecule has 1 saturated carbocycles. The topological polar surface area (TPSA) is 77.7 Å². The van der Waals surface area contributed by atoms with Crippen LogP contribution in [0.1, 0.15) is 57.7 Å². The van der Waals surface area contributed by atoms with Gasteiger partial charge < -0.3 is 25.2 Å². The maximum atomic E-state index is 13.7. The monoisotopic (exact) mass is 444 g/mol. The van der Waals surface area contributed by atoms with E-state index < -0.39 is 24.0 Å². The predicted molar refractivity (Wildman–Crippen MR) is 114 cm³/mol. The summed E-state index contributed by atoms with van der Waals surface area (Å²) in [5.74, 6) is 0.0682. The molecule has 3 N–H and O–H groups in total. The van der Waals surface area contributed by atoms with E-state index in [0.717, 1.165) is 25.9 Å². The van der Waals surface area contributed by atoms with Gasteiger partial charge in [0, 0.05) is 64.1 Å². The number of alkyl halides is 3. The highest BCUT2D eigenvalue weighted by atomic mass is 19.4. The van der Waals surface area contributed by atoms with Gasteiger partial charge in [-0.3, -0.25) is 4.99 Å². The zero-order chi connectivity index (χ0) is 22.5. The number of imidazole rings is 1. The molecule has 2 aliphatic rings.